The van der Waals surface area contributed by atoms with Gasteiger partial charge in [0.15, 0.2) is 0 Å². The van der Waals surface area contributed by atoms with E-state index >= 15 is 0 Å². The Labute approximate surface area is 126 Å². The molecule has 1 aromatic carbocycles. The average molecular weight is 286 g/mol. The number of ether oxygens (including phenoxy) is 2. The Balaban J connectivity index is 1.75. The average Bonchev–Trinajstić information content (AvgIpc) is 2.53. The summed E-state index contributed by atoms with van der Waals surface area (Å²) in [6, 6.07) is 12.2. The third-order valence-electron chi connectivity index (χ3n) is 3.09. The molecule has 112 valence electrons. The van der Waals surface area contributed by atoms with Crippen LogP contribution in [0.25, 0.3) is 0 Å². The first kappa shape index (κ1) is 15.5. The number of aromatic nitrogens is 1. The molecule has 0 unspecified atom stereocenters. The lowest BCUT2D eigenvalue weighted by Crippen LogP contribution is -2.18. The summed E-state index contributed by atoms with van der Waals surface area (Å²) in [6.45, 7) is 3.05. The molecule has 21 heavy (non-hydrogen) atoms. The molecule has 0 atom stereocenters. The number of hydrogen-bond donors (Lipinski definition) is 1. The summed E-state index contributed by atoms with van der Waals surface area (Å²) in [4.78, 5) is 4.10. The zero-order chi connectivity index (χ0) is 14.8. The van der Waals surface area contributed by atoms with E-state index in [2.05, 4.69) is 28.5 Å². The molecule has 0 saturated heterocycles. The van der Waals surface area contributed by atoms with E-state index in [4.69, 9.17) is 9.47 Å². The SMILES string of the molecule is COCCNCc1cccc(OCCc2cccnc2)c1. The second-order valence-electron chi connectivity index (χ2n) is 4.78. The van der Waals surface area contributed by atoms with Crippen molar-refractivity contribution < 1.29 is 9.47 Å². The van der Waals surface area contributed by atoms with Crippen LogP contribution in [-0.4, -0.2) is 31.9 Å². The Bertz CT molecular complexity index is 517. The molecule has 0 bridgehead atoms. The Morgan fingerprint density at radius 3 is 2.81 bits per heavy atom. The van der Waals surface area contributed by atoms with Gasteiger partial charge in [0.05, 0.1) is 13.2 Å². The van der Waals surface area contributed by atoms with Crippen molar-refractivity contribution in [3.05, 3.63) is 59.9 Å². The summed E-state index contributed by atoms with van der Waals surface area (Å²) in [5.41, 5.74) is 2.40. The number of nitrogens with one attached hydrogen (secondary N) is 1. The molecule has 0 saturated carbocycles. The van der Waals surface area contributed by atoms with Crippen LogP contribution in [0.3, 0.4) is 0 Å². The van der Waals surface area contributed by atoms with Crippen molar-refractivity contribution in [2.24, 2.45) is 0 Å². The van der Waals surface area contributed by atoms with E-state index in [9.17, 15) is 0 Å². The lowest BCUT2D eigenvalue weighted by atomic mass is 10.2. The quantitative estimate of drug-likeness (QED) is 0.719. The molecule has 0 aliphatic carbocycles. The highest BCUT2D eigenvalue weighted by molar-refractivity contribution is 5.28. The first-order valence-electron chi connectivity index (χ1n) is 7.19. The van der Waals surface area contributed by atoms with Gasteiger partial charge in [0, 0.05) is 39.0 Å². The van der Waals surface area contributed by atoms with Crippen LogP contribution in [0.4, 0.5) is 0 Å². The third-order valence-corrected chi connectivity index (χ3v) is 3.09. The minimum absolute atomic E-state index is 0.659. The van der Waals surface area contributed by atoms with E-state index in [0.29, 0.717) is 6.61 Å². The van der Waals surface area contributed by atoms with Gasteiger partial charge >= 0.3 is 0 Å². The van der Waals surface area contributed by atoms with Crippen LogP contribution < -0.4 is 10.1 Å². The van der Waals surface area contributed by atoms with Crippen molar-refractivity contribution in [1.82, 2.24) is 10.3 Å². The van der Waals surface area contributed by atoms with Crippen molar-refractivity contribution in [3.8, 4) is 5.75 Å². The van der Waals surface area contributed by atoms with Crippen molar-refractivity contribution in [1.29, 1.82) is 0 Å². The fraction of sp³-hybridized carbons (Fsp3) is 0.353. The van der Waals surface area contributed by atoms with Gasteiger partial charge in [0.2, 0.25) is 0 Å². The monoisotopic (exact) mass is 286 g/mol. The molecule has 2 rings (SSSR count). The number of nitrogens with zero attached hydrogens (tertiary/aromatic N) is 1. The summed E-state index contributed by atoms with van der Waals surface area (Å²) in [5, 5.41) is 3.32. The van der Waals surface area contributed by atoms with Gasteiger partial charge in [-0.3, -0.25) is 4.98 Å². The lowest BCUT2D eigenvalue weighted by molar-refractivity contribution is 0.199. The number of pyridine rings is 1. The Morgan fingerprint density at radius 1 is 1.10 bits per heavy atom. The molecule has 0 aliphatic rings. The molecule has 0 spiro atoms. The van der Waals surface area contributed by atoms with Gasteiger partial charge in [-0.05, 0) is 29.3 Å². The first-order chi connectivity index (χ1) is 10.4. The van der Waals surface area contributed by atoms with E-state index in [0.717, 1.165) is 31.9 Å². The Morgan fingerprint density at radius 2 is 2.00 bits per heavy atom. The summed E-state index contributed by atoms with van der Waals surface area (Å²) < 4.78 is 10.8. The molecule has 1 heterocycles. The fourth-order valence-electron chi connectivity index (χ4n) is 1.98. The summed E-state index contributed by atoms with van der Waals surface area (Å²) in [7, 11) is 1.71. The van der Waals surface area contributed by atoms with Crippen LogP contribution in [0, 0.1) is 0 Å². The maximum atomic E-state index is 5.80. The van der Waals surface area contributed by atoms with Crippen molar-refractivity contribution in [2.45, 2.75) is 13.0 Å². The highest BCUT2D eigenvalue weighted by atomic mass is 16.5. The molecule has 4 heteroatoms. The van der Waals surface area contributed by atoms with Crippen LogP contribution in [0.1, 0.15) is 11.1 Å². The van der Waals surface area contributed by atoms with E-state index in [-0.39, 0.29) is 0 Å². The fourth-order valence-corrected chi connectivity index (χ4v) is 1.98. The highest BCUT2D eigenvalue weighted by Gasteiger charge is 1.98. The van der Waals surface area contributed by atoms with Gasteiger partial charge in [-0.25, -0.2) is 0 Å². The van der Waals surface area contributed by atoms with Gasteiger partial charge < -0.3 is 14.8 Å². The largest absolute Gasteiger partial charge is 0.493 e. The van der Waals surface area contributed by atoms with Crippen molar-refractivity contribution in [2.75, 3.05) is 26.9 Å². The maximum Gasteiger partial charge on any atom is 0.119 e. The molecule has 0 aliphatic heterocycles. The normalized spacial score (nSPS) is 10.5. The van der Waals surface area contributed by atoms with E-state index in [1.54, 1.807) is 13.3 Å². The molecule has 0 amide bonds. The van der Waals surface area contributed by atoms with Crippen LogP contribution in [0.2, 0.25) is 0 Å². The Kier molecular flexibility index (Phi) is 6.71. The van der Waals surface area contributed by atoms with Gasteiger partial charge in [-0.15, -0.1) is 0 Å². The number of rotatable bonds is 9. The molecule has 4 nitrogen and oxygen atoms in total. The summed E-state index contributed by atoms with van der Waals surface area (Å²) in [6.07, 6.45) is 4.52. The second kappa shape index (κ2) is 9.10. The van der Waals surface area contributed by atoms with E-state index < -0.39 is 0 Å². The first-order valence-corrected chi connectivity index (χ1v) is 7.19. The van der Waals surface area contributed by atoms with Crippen molar-refractivity contribution in [3.63, 3.8) is 0 Å². The van der Waals surface area contributed by atoms with Gasteiger partial charge in [-0.1, -0.05) is 18.2 Å². The van der Waals surface area contributed by atoms with E-state index in [1.165, 1.54) is 11.1 Å². The standard InChI is InChI=1S/C17H22N2O2/c1-20-11-9-19-14-16-4-2-6-17(12-16)21-10-7-15-5-3-8-18-13-15/h2-6,8,12-13,19H,7,9-11,14H2,1H3. The summed E-state index contributed by atoms with van der Waals surface area (Å²) in [5.74, 6) is 0.907. The smallest absolute Gasteiger partial charge is 0.119 e. The minimum atomic E-state index is 0.659. The van der Waals surface area contributed by atoms with Crippen LogP contribution in [-0.2, 0) is 17.7 Å². The van der Waals surface area contributed by atoms with Crippen molar-refractivity contribution >= 4 is 0 Å². The van der Waals surface area contributed by atoms with Gasteiger partial charge in [-0.2, -0.15) is 0 Å². The van der Waals surface area contributed by atoms with E-state index in [1.807, 2.05) is 24.4 Å². The second-order valence-corrected chi connectivity index (χ2v) is 4.78. The number of hydrogen-bond acceptors (Lipinski definition) is 4. The molecule has 1 N–H and O–H groups in total. The zero-order valence-corrected chi connectivity index (χ0v) is 12.4. The van der Waals surface area contributed by atoms with Gasteiger partial charge in [0.25, 0.3) is 0 Å². The highest BCUT2D eigenvalue weighted by Crippen LogP contribution is 2.13. The topological polar surface area (TPSA) is 43.4 Å². The number of benzene rings is 1. The molecule has 0 radical (unpaired) electrons. The predicted octanol–water partition coefficient (Wildman–Crippen LogP) is 2.44. The molecule has 0 fully saturated rings. The Hall–Kier alpha value is -1.91. The van der Waals surface area contributed by atoms with Crippen LogP contribution in [0.5, 0.6) is 5.75 Å². The third kappa shape index (κ3) is 5.94. The minimum Gasteiger partial charge on any atom is -0.493 e. The molecule has 1 aromatic heterocycles. The predicted molar refractivity (Wildman–Crippen MR) is 83.5 cm³/mol. The van der Waals surface area contributed by atoms with Gasteiger partial charge in [0.1, 0.15) is 5.75 Å². The molecular weight excluding hydrogens is 264 g/mol. The summed E-state index contributed by atoms with van der Waals surface area (Å²) >= 11 is 0. The zero-order valence-electron chi connectivity index (χ0n) is 12.4. The van der Waals surface area contributed by atoms with Crippen LogP contribution >= 0.6 is 0 Å². The van der Waals surface area contributed by atoms with Crippen LogP contribution in [0.15, 0.2) is 48.8 Å². The number of methoxy groups -OCH3 is 1. The lowest BCUT2D eigenvalue weighted by Gasteiger charge is -2.09. The molecular formula is C17H22N2O2. The maximum absolute atomic E-state index is 5.80. The molecule has 2 aromatic rings.